The molecule has 1 aliphatic heterocycles. The Balaban J connectivity index is 2.67. The van der Waals surface area contributed by atoms with E-state index in [1.807, 2.05) is 14.1 Å². The molecule has 1 fully saturated rings. The van der Waals surface area contributed by atoms with Crippen molar-refractivity contribution in [2.24, 2.45) is 0 Å². The second-order valence-corrected chi connectivity index (χ2v) is 5.05. The average Bonchev–Trinajstić information content (AvgIpc) is 2.37. The molecule has 1 aliphatic rings. The van der Waals surface area contributed by atoms with Crippen LogP contribution in [-0.2, 0) is 4.79 Å². The molecule has 0 aliphatic carbocycles. The molecule has 19 heavy (non-hydrogen) atoms. The summed E-state index contributed by atoms with van der Waals surface area (Å²) >= 11 is 0. The minimum absolute atomic E-state index is 0.214. The van der Waals surface area contributed by atoms with Crippen molar-refractivity contribution in [3.05, 3.63) is 12.7 Å². The highest BCUT2D eigenvalue weighted by Gasteiger charge is 2.28. The van der Waals surface area contributed by atoms with Crippen molar-refractivity contribution >= 4 is 12.0 Å². The molecule has 0 aromatic heterocycles. The summed E-state index contributed by atoms with van der Waals surface area (Å²) in [5.41, 5.74) is 0. The zero-order valence-corrected chi connectivity index (χ0v) is 11.7. The summed E-state index contributed by atoms with van der Waals surface area (Å²) in [6, 6.07) is 0.127. The van der Waals surface area contributed by atoms with Crippen molar-refractivity contribution in [1.82, 2.24) is 14.7 Å². The standard InChI is InChI=1S/C13H23N3O3/c1-4-7-15(10-12(17)18)13(19)16-8-5-6-11(9-16)14(2)3/h4,11H,1,5-10H2,2-3H3,(H,17,18). The predicted octanol–water partition coefficient (Wildman–Crippen LogP) is 0.705. The third-order valence-corrected chi connectivity index (χ3v) is 3.34. The topological polar surface area (TPSA) is 64.1 Å². The third-order valence-electron chi connectivity index (χ3n) is 3.34. The zero-order valence-electron chi connectivity index (χ0n) is 11.7. The van der Waals surface area contributed by atoms with Crippen LogP contribution in [0.2, 0.25) is 0 Å². The summed E-state index contributed by atoms with van der Waals surface area (Å²) in [4.78, 5) is 28.3. The number of carboxylic acids is 1. The molecule has 1 heterocycles. The monoisotopic (exact) mass is 269 g/mol. The van der Waals surface area contributed by atoms with Gasteiger partial charge in [-0.2, -0.15) is 0 Å². The van der Waals surface area contributed by atoms with Crippen LogP contribution in [0.25, 0.3) is 0 Å². The smallest absolute Gasteiger partial charge is 0.323 e. The number of likely N-dealkylation sites (tertiary alicyclic amines) is 1. The van der Waals surface area contributed by atoms with Crippen molar-refractivity contribution in [1.29, 1.82) is 0 Å². The van der Waals surface area contributed by atoms with Crippen molar-refractivity contribution in [2.75, 3.05) is 40.3 Å². The van der Waals surface area contributed by atoms with Crippen molar-refractivity contribution in [3.8, 4) is 0 Å². The van der Waals surface area contributed by atoms with Gasteiger partial charge in [0, 0.05) is 25.7 Å². The van der Waals surface area contributed by atoms with E-state index in [1.54, 1.807) is 11.0 Å². The number of carboxylic acid groups (broad SMARTS) is 1. The highest BCUT2D eigenvalue weighted by Crippen LogP contribution is 2.15. The molecule has 0 radical (unpaired) electrons. The quantitative estimate of drug-likeness (QED) is 0.746. The van der Waals surface area contributed by atoms with Gasteiger partial charge in [-0.3, -0.25) is 4.79 Å². The number of piperidine rings is 1. The Morgan fingerprint density at radius 3 is 2.68 bits per heavy atom. The van der Waals surface area contributed by atoms with Crippen molar-refractivity contribution in [3.63, 3.8) is 0 Å². The molecule has 6 heteroatoms. The number of amides is 2. The number of rotatable bonds is 5. The summed E-state index contributed by atoms with van der Waals surface area (Å²) in [6.07, 6.45) is 3.56. The molecule has 1 saturated heterocycles. The number of urea groups is 1. The second-order valence-electron chi connectivity index (χ2n) is 5.05. The van der Waals surface area contributed by atoms with E-state index < -0.39 is 5.97 Å². The van der Waals surface area contributed by atoms with Crippen LogP contribution in [0.3, 0.4) is 0 Å². The van der Waals surface area contributed by atoms with Gasteiger partial charge in [-0.1, -0.05) is 6.08 Å². The van der Waals surface area contributed by atoms with Gasteiger partial charge >= 0.3 is 12.0 Å². The van der Waals surface area contributed by atoms with E-state index in [4.69, 9.17) is 5.11 Å². The van der Waals surface area contributed by atoms with Crippen LogP contribution in [0.5, 0.6) is 0 Å². The van der Waals surface area contributed by atoms with Gasteiger partial charge in [0.25, 0.3) is 0 Å². The van der Waals surface area contributed by atoms with E-state index in [1.165, 1.54) is 4.90 Å². The molecule has 1 unspecified atom stereocenters. The molecular weight excluding hydrogens is 246 g/mol. The number of aliphatic carboxylic acids is 1. The molecule has 0 saturated carbocycles. The van der Waals surface area contributed by atoms with Gasteiger partial charge in [0.2, 0.25) is 0 Å². The van der Waals surface area contributed by atoms with Crippen LogP contribution in [0.15, 0.2) is 12.7 Å². The average molecular weight is 269 g/mol. The van der Waals surface area contributed by atoms with Crippen LogP contribution in [-0.4, -0.2) is 78.1 Å². The molecule has 1 N–H and O–H groups in total. The minimum Gasteiger partial charge on any atom is -0.480 e. The Labute approximate surface area is 114 Å². The number of likely N-dealkylation sites (N-methyl/N-ethyl adjacent to an activating group) is 1. The molecule has 0 aromatic carbocycles. The molecule has 1 rings (SSSR count). The fourth-order valence-corrected chi connectivity index (χ4v) is 2.28. The first-order valence-electron chi connectivity index (χ1n) is 6.48. The van der Waals surface area contributed by atoms with Crippen LogP contribution in [0.1, 0.15) is 12.8 Å². The first kappa shape index (κ1) is 15.5. The van der Waals surface area contributed by atoms with Crippen molar-refractivity contribution in [2.45, 2.75) is 18.9 Å². The summed E-state index contributed by atoms with van der Waals surface area (Å²) in [7, 11) is 3.99. The maximum Gasteiger partial charge on any atom is 0.323 e. The van der Waals surface area contributed by atoms with E-state index in [2.05, 4.69) is 11.5 Å². The Morgan fingerprint density at radius 1 is 1.47 bits per heavy atom. The zero-order chi connectivity index (χ0) is 14.4. The van der Waals surface area contributed by atoms with E-state index in [0.29, 0.717) is 19.1 Å². The maximum atomic E-state index is 12.3. The van der Waals surface area contributed by atoms with Crippen molar-refractivity contribution < 1.29 is 14.7 Å². The lowest BCUT2D eigenvalue weighted by molar-refractivity contribution is -0.137. The van der Waals surface area contributed by atoms with Crippen LogP contribution >= 0.6 is 0 Å². The number of hydrogen-bond acceptors (Lipinski definition) is 3. The predicted molar refractivity (Wildman–Crippen MR) is 73.1 cm³/mol. The molecule has 0 aromatic rings. The van der Waals surface area contributed by atoms with E-state index >= 15 is 0 Å². The van der Waals surface area contributed by atoms with Gasteiger partial charge in [0.1, 0.15) is 6.54 Å². The van der Waals surface area contributed by atoms with Crippen LogP contribution in [0.4, 0.5) is 4.79 Å². The van der Waals surface area contributed by atoms with Crippen LogP contribution < -0.4 is 0 Å². The highest BCUT2D eigenvalue weighted by molar-refractivity contribution is 5.80. The molecule has 2 amide bonds. The summed E-state index contributed by atoms with van der Waals surface area (Å²) < 4.78 is 0. The lowest BCUT2D eigenvalue weighted by Crippen LogP contribution is -2.52. The molecule has 0 bridgehead atoms. The highest BCUT2D eigenvalue weighted by atomic mass is 16.4. The first-order chi connectivity index (χ1) is 8.95. The SMILES string of the molecule is C=CCN(CC(=O)O)C(=O)N1CCCC(N(C)C)C1. The van der Waals surface area contributed by atoms with Gasteiger partial charge in [-0.25, -0.2) is 4.79 Å². The summed E-state index contributed by atoms with van der Waals surface area (Å²) in [5, 5.41) is 8.84. The summed E-state index contributed by atoms with van der Waals surface area (Å²) in [6.45, 7) is 4.88. The first-order valence-corrected chi connectivity index (χ1v) is 6.48. The molecule has 6 nitrogen and oxygen atoms in total. The summed E-state index contributed by atoms with van der Waals surface area (Å²) in [5.74, 6) is -1.00. The van der Waals surface area contributed by atoms with E-state index in [0.717, 1.165) is 12.8 Å². The van der Waals surface area contributed by atoms with Gasteiger partial charge in [0.05, 0.1) is 0 Å². The van der Waals surface area contributed by atoms with Gasteiger partial charge in [-0.05, 0) is 26.9 Å². The lowest BCUT2D eigenvalue weighted by Gasteiger charge is -2.38. The molecule has 0 spiro atoms. The Hall–Kier alpha value is -1.56. The maximum absolute atomic E-state index is 12.3. The number of hydrogen-bond donors (Lipinski definition) is 1. The van der Waals surface area contributed by atoms with Crippen LogP contribution in [0, 0.1) is 0 Å². The van der Waals surface area contributed by atoms with Gasteiger partial charge < -0.3 is 19.8 Å². The molecular formula is C13H23N3O3. The minimum atomic E-state index is -1.00. The fourth-order valence-electron chi connectivity index (χ4n) is 2.28. The Bertz CT molecular complexity index is 344. The Morgan fingerprint density at radius 2 is 2.16 bits per heavy atom. The van der Waals surface area contributed by atoms with E-state index in [-0.39, 0.29) is 19.1 Å². The Kier molecular flexibility index (Phi) is 5.82. The van der Waals surface area contributed by atoms with E-state index in [9.17, 15) is 9.59 Å². The largest absolute Gasteiger partial charge is 0.480 e. The normalized spacial score (nSPS) is 19.3. The third kappa shape index (κ3) is 4.55. The lowest BCUT2D eigenvalue weighted by atomic mass is 10.1. The number of carbonyl (C=O) groups excluding carboxylic acids is 1. The molecule has 108 valence electrons. The fraction of sp³-hybridized carbons (Fsp3) is 0.692. The second kappa shape index (κ2) is 7.13. The number of carbonyl (C=O) groups is 2. The molecule has 1 atom stereocenters. The van der Waals surface area contributed by atoms with Gasteiger partial charge in [-0.15, -0.1) is 6.58 Å². The number of nitrogens with zero attached hydrogens (tertiary/aromatic N) is 3. The van der Waals surface area contributed by atoms with Gasteiger partial charge in [0.15, 0.2) is 0 Å².